The van der Waals surface area contributed by atoms with Crippen LogP contribution in [0.1, 0.15) is 15.2 Å². The number of nitro groups is 1. The van der Waals surface area contributed by atoms with Crippen LogP contribution in [0.15, 0.2) is 32.5 Å². The van der Waals surface area contributed by atoms with Crippen LogP contribution in [0.3, 0.4) is 0 Å². The second-order valence-electron chi connectivity index (χ2n) is 4.84. The number of ether oxygens (including phenoxy) is 1. The summed E-state index contributed by atoms with van der Waals surface area (Å²) >= 11 is 7.39. The van der Waals surface area contributed by atoms with E-state index in [0.717, 1.165) is 23.5 Å². The van der Waals surface area contributed by atoms with E-state index in [-0.39, 0.29) is 4.88 Å². The van der Waals surface area contributed by atoms with Crippen LogP contribution in [0.2, 0.25) is 0 Å². The number of thiophene rings is 1. The van der Waals surface area contributed by atoms with E-state index in [0.29, 0.717) is 14.3 Å². The third kappa shape index (κ3) is 5.49. The Morgan fingerprint density at radius 2 is 1.93 bits per heavy atom. The highest BCUT2D eigenvalue weighted by atomic mass is 79.9. The van der Waals surface area contributed by atoms with Gasteiger partial charge in [-0.3, -0.25) is 14.9 Å². The first kappa shape index (κ1) is 21.3. The molecule has 0 fully saturated rings. The molecule has 7 nitrogen and oxygen atoms in total. The van der Waals surface area contributed by atoms with E-state index < -0.39 is 46.5 Å². The van der Waals surface area contributed by atoms with Gasteiger partial charge in [-0.1, -0.05) is 0 Å². The zero-order valence-electron chi connectivity index (χ0n) is 12.8. The van der Waals surface area contributed by atoms with Gasteiger partial charge in [0.05, 0.1) is 20.0 Å². The Kier molecular flexibility index (Phi) is 6.59. The van der Waals surface area contributed by atoms with Gasteiger partial charge >= 0.3 is 12.1 Å². The second kappa shape index (κ2) is 8.35. The second-order valence-corrected chi connectivity index (χ2v) is 8.07. The monoisotopic (exact) mass is 530 g/mol. The lowest BCUT2D eigenvalue weighted by Gasteiger charge is -2.13. The molecular weight excluding hydrogens is 525 g/mol. The number of non-ortho nitro benzene ring substituents is 1. The number of nitrogens with one attached hydrogen (secondary N) is 1. The third-order valence-corrected chi connectivity index (χ3v) is 6.21. The minimum absolute atomic E-state index is 0.174. The molecule has 0 aliphatic carbocycles. The molecule has 1 heterocycles. The molecule has 0 radical (unpaired) electrons. The number of nitrogens with zero attached hydrogens (tertiary/aromatic N) is 1. The molecular formula is C14H7Br2F3N2O5S. The van der Waals surface area contributed by atoms with E-state index in [9.17, 15) is 32.9 Å². The molecule has 1 N–H and O–H groups in total. The molecule has 13 heteroatoms. The minimum atomic E-state index is -4.93. The molecule has 0 saturated heterocycles. The van der Waals surface area contributed by atoms with Crippen molar-refractivity contribution in [3.8, 4) is 0 Å². The van der Waals surface area contributed by atoms with Crippen molar-refractivity contribution in [3.63, 3.8) is 0 Å². The van der Waals surface area contributed by atoms with Gasteiger partial charge in [-0.2, -0.15) is 13.2 Å². The lowest BCUT2D eigenvalue weighted by Crippen LogP contribution is -2.22. The van der Waals surface area contributed by atoms with Crippen molar-refractivity contribution in [3.05, 3.63) is 53.1 Å². The molecule has 1 amide bonds. The van der Waals surface area contributed by atoms with Crippen LogP contribution in [0.25, 0.3) is 0 Å². The molecule has 2 rings (SSSR count). The first-order valence-electron chi connectivity index (χ1n) is 6.76. The van der Waals surface area contributed by atoms with E-state index in [4.69, 9.17) is 4.74 Å². The maximum absolute atomic E-state index is 13.1. The highest BCUT2D eigenvalue weighted by molar-refractivity contribution is 9.13. The molecule has 1 aromatic carbocycles. The zero-order chi connectivity index (χ0) is 20.4. The predicted octanol–water partition coefficient (Wildman–Crippen LogP) is 5.00. The van der Waals surface area contributed by atoms with Gasteiger partial charge in [0, 0.05) is 16.6 Å². The molecule has 0 unspecified atom stereocenters. The van der Waals surface area contributed by atoms with Crippen LogP contribution in [0.4, 0.5) is 24.5 Å². The number of halogens is 5. The van der Waals surface area contributed by atoms with Crippen molar-refractivity contribution >= 4 is 66.4 Å². The summed E-state index contributed by atoms with van der Waals surface area (Å²) in [7, 11) is 0. The summed E-state index contributed by atoms with van der Waals surface area (Å²) in [6, 6.07) is 3.33. The molecule has 0 bridgehead atoms. The van der Waals surface area contributed by atoms with E-state index >= 15 is 0 Å². The summed E-state index contributed by atoms with van der Waals surface area (Å²) in [5.41, 5.74) is -2.85. The van der Waals surface area contributed by atoms with Gasteiger partial charge in [0.15, 0.2) is 6.61 Å². The van der Waals surface area contributed by atoms with E-state index in [1.54, 1.807) is 0 Å². The molecule has 0 atom stereocenters. The van der Waals surface area contributed by atoms with Crippen molar-refractivity contribution < 1.29 is 32.4 Å². The summed E-state index contributed by atoms with van der Waals surface area (Å²) in [5.74, 6) is -1.86. The van der Waals surface area contributed by atoms with E-state index in [2.05, 4.69) is 31.9 Å². The Hall–Kier alpha value is -1.99. The standard InChI is InChI=1S/C14H7Br2F3N2O5S/c15-8-4-10(27-12(8)16)13(23)26-5-11(22)20-9-2-1-6(21(24)25)3-7(9)14(17,18)19/h1-4H,5H2,(H,20,22). The molecule has 144 valence electrons. The average molecular weight is 532 g/mol. The lowest BCUT2D eigenvalue weighted by molar-refractivity contribution is -0.385. The third-order valence-electron chi connectivity index (χ3n) is 2.97. The fourth-order valence-electron chi connectivity index (χ4n) is 1.83. The number of hydrogen-bond acceptors (Lipinski definition) is 6. The number of alkyl halides is 3. The van der Waals surface area contributed by atoms with Gasteiger partial charge < -0.3 is 10.1 Å². The van der Waals surface area contributed by atoms with Crippen molar-refractivity contribution in [2.45, 2.75) is 6.18 Å². The van der Waals surface area contributed by atoms with E-state index in [1.807, 2.05) is 5.32 Å². The minimum Gasteiger partial charge on any atom is -0.451 e. The van der Waals surface area contributed by atoms with Crippen LogP contribution in [-0.2, 0) is 15.7 Å². The normalized spacial score (nSPS) is 11.1. The van der Waals surface area contributed by atoms with Crippen molar-refractivity contribution in [1.29, 1.82) is 0 Å². The van der Waals surface area contributed by atoms with Crippen LogP contribution in [0, 0.1) is 10.1 Å². The topological polar surface area (TPSA) is 98.5 Å². The van der Waals surface area contributed by atoms with Crippen molar-refractivity contribution in [2.24, 2.45) is 0 Å². The first-order valence-corrected chi connectivity index (χ1v) is 9.16. The highest BCUT2D eigenvalue weighted by Crippen LogP contribution is 2.37. The maximum Gasteiger partial charge on any atom is 0.418 e. The Bertz CT molecular complexity index is 897. The van der Waals surface area contributed by atoms with Gasteiger partial charge in [0.25, 0.3) is 11.6 Å². The maximum atomic E-state index is 13.1. The highest BCUT2D eigenvalue weighted by Gasteiger charge is 2.35. The van der Waals surface area contributed by atoms with Crippen molar-refractivity contribution in [1.82, 2.24) is 0 Å². The number of carbonyl (C=O) groups is 2. The fraction of sp³-hybridized carbons (Fsp3) is 0.143. The Labute approximate surface area is 169 Å². The molecule has 0 spiro atoms. The summed E-state index contributed by atoms with van der Waals surface area (Å²) in [6.45, 7) is -0.833. The van der Waals surface area contributed by atoms with Crippen LogP contribution < -0.4 is 5.32 Å². The van der Waals surface area contributed by atoms with Gasteiger partial charge in [-0.05, 0) is 44.0 Å². The Balaban J connectivity index is 2.09. The van der Waals surface area contributed by atoms with Crippen LogP contribution in [0.5, 0.6) is 0 Å². The molecule has 0 aliphatic heterocycles. The molecule has 0 aliphatic rings. The van der Waals surface area contributed by atoms with Crippen molar-refractivity contribution in [2.75, 3.05) is 11.9 Å². The summed E-state index contributed by atoms with van der Waals surface area (Å²) in [6.07, 6.45) is -4.93. The number of benzene rings is 1. The number of esters is 1. The Morgan fingerprint density at radius 1 is 1.26 bits per heavy atom. The number of amides is 1. The van der Waals surface area contributed by atoms with Crippen LogP contribution >= 0.6 is 43.2 Å². The molecule has 27 heavy (non-hydrogen) atoms. The lowest BCUT2D eigenvalue weighted by atomic mass is 10.1. The summed E-state index contributed by atoms with van der Waals surface area (Å²) in [5, 5.41) is 12.6. The number of nitro benzene ring substituents is 1. The molecule has 1 aromatic heterocycles. The number of anilines is 1. The van der Waals surface area contributed by atoms with Gasteiger partial charge in [0.2, 0.25) is 0 Å². The van der Waals surface area contributed by atoms with Gasteiger partial charge in [-0.15, -0.1) is 11.3 Å². The van der Waals surface area contributed by atoms with E-state index in [1.165, 1.54) is 6.07 Å². The summed E-state index contributed by atoms with van der Waals surface area (Å²) < 4.78 is 45.1. The average Bonchev–Trinajstić information content (AvgIpc) is 2.91. The Morgan fingerprint density at radius 3 is 2.44 bits per heavy atom. The largest absolute Gasteiger partial charge is 0.451 e. The zero-order valence-corrected chi connectivity index (χ0v) is 16.8. The van der Waals surface area contributed by atoms with Gasteiger partial charge in [-0.25, -0.2) is 4.79 Å². The quantitative estimate of drug-likeness (QED) is 0.333. The van der Waals surface area contributed by atoms with Crippen LogP contribution in [-0.4, -0.2) is 23.4 Å². The number of carbonyl (C=O) groups excluding carboxylic acids is 2. The smallest absolute Gasteiger partial charge is 0.418 e. The SMILES string of the molecule is O=C(COC(=O)c1cc(Br)c(Br)s1)Nc1ccc([N+](=O)[O-])cc1C(F)(F)F. The van der Waals surface area contributed by atoms with Gasteiger partial charge in [0.1, 0.15) is 4.88 Å². The number of rotatable bonds is 5. The first-order chi connectivity index (χ1) is 12.5. The predicted molar refractivity (Wildman–Crippen MR) is 96.7 cm³/mol. The summed E-state index contributed by atoms with van der Waals surface area (Å²) in [4.78, 5) is 33.5. The molecule has 0 saturated carbocycles. The fourth-order valence-corrected chi connectivity index (χ4v) is 3.75. The molecule has 2 aromatic rings. The number of hydrogen-bond donors (Lipinski definition) is 1.